The highest BCUT2D eigenvalue weighted by Crippen LogP contribution is 2.44. The Hall–Kier alpha value is -1.17. The monoisotopic (exact) mass is 268 g/mol. The van der Waals surface area contributed by atoms with Crippen LogP contribution in [-0.2, 0) is 5.92 Å². The smallest absolute Gasteiger partial charge is 0.388 e. The molecule has 0 aromatic heterocycles. The van der Waals surface area contributed by atoms with Crippen molar-refractivity contribution in [1.29, 1.82) is 0 Å². The van der Waals surface area contributed by atoms with Crippen LogP contribution in [0.4, 0.5) is 22.0 Å². The van der Waals surface area contributed by atoms with Gasteiger partial charge in [-0.2, -0.15) is 22.0 Å². The zero-order chi connectivity index (χ0) is 14.0. The average Bonchev–Trinajstić information content (AvgIpc) is 2.28. The van der Waals surface area contributed by atoms with Crippen molar-refractivity contribution >= 4 is 0 Å². The van der Waals surface area contributed by atoms with Gasteiger partial charge in [0, 0.05) is 5.56 Å². The molecule has 0 aliphatic heterocycles. The number of aliphatic hydroxyl groups excluding tert-OH is 1. The zero-order valence-electron chi connectivity index (χ0n) is 9.64. The van der Waals surface area contributed by atoms with Crippen molar-refractivity contribution in [1.82, 2.24) is 0 Å². The molecule has 6 heteroatoms. The quantitative estimate of drug-likeness (QED) is 0.812. The van der Waals surface area contributed by atoms with Crippen molar-refractivity contribution < 1.29 is 27.1 Å². The SMILES string of the molecule is CCCC(O)c1cccc(C(F)(F)C(F)(F)F)c1. The van der Waals surface area contributed by atoms with Gasteiger partial charge in [-0.1, -0.05) is 31.5 Å². The molecule has 1 aromatic carbocycles. The second kappa shape index (κ2) is 5.22. The summed E-state index contributed by atoms with van der Waals surface area (Å²) in [6, 6.07) is 3.82. The van der Waals surface area contributed by atoms with Gasteiger partial charge in [-0.3, -0.25) is 0 Å². The van der Waals surface area contributed by atoms with Crippen LogP contribution in [0.5, 0.6) is 0 Å². The molecule has 1 rings (SSSR count). The Morgan fingerprint density at radius 2 is 1.78 bits per heavy atom. The molecule has 0 fully saturated rings. The Kier molecular flexibility index (Phi) is 4.32. The van der Waals surface area contributed by atoms with Gasteiger partial charge < -0.3 is 5.11 Å². The van der Waals surface area contributed by atoms with E-state index < -0.39 is 23.8 Å². The largest absolute Gasteiger partial charge is 0.458 e. The fourth-order valence-corrected chi connectivity index (χ4v) is 1.55. The molecule has 0 aliphatic carbocycles. The molecule has 1 atom stereocenters. The highest BCUT2D eigenvalue weighted by atomic mass is 19.4. The van der Waals surface area contributed by atoms with E-state index in [-0.39, 0.29) is 5.56 Å². The third kappa shape index (κ3) is 2.98. The van der Waals surface area contributed by atoms with Gasteiger partial charge in [0.25, 0.3) is 0 Å². The predicted molar refractivity (Wildman–Crippen MR) is 56.3 cm³/mol. The van der Waals surface area contributed by atoms with Crippen molar-refractivity contribution in [2.75, 3.05) is 0 Å². The lowest BCUT2D eigenvalue weighted by Crippen LogP contribution is -2.33. The van der Waals surface area contributed by atoms with Gasteiger partial charge in [0.05, 0.1) is 6.10 Å². The number of benzene rings is 1. The Morgan fingerprint density at radius 3 is 2.28 bits per heavy atom. The van der Waals surface area contributed by atoms with Crippen LogP contribution in [0, 0.1) is 0 Å². The maximum absolute atomic E-state index is 13.1. The minimum Gasteiger partial charge on any atom is -0.388 e. The molecule has 1 aromatic rings. The van der Waals surface area contributed by atoms with Gasteiger partial charge in [0.15, 0.2) is 0 Å². The number of hydrogen-bond acceptors (Lipinski definition) is 1. The van der Waals surface area contributed by atoms with Crippen LogP contribution in [0.2, 0.25) is 0 Å². The first-order valence-electron chi connectivity index (χ1n) is 5.43. The van der Waals surface area contributed by atoms with Crippen LogP contribution >= 0.6 is 0 Å². The molecule has 1 nitrogen and oxygen atoms in total. The molecule has 0 heterocycles. The van der Waals surface area contributed by atoms with E-state index in [1.54, 1.807) is 6.92 Å². The lowest BCUT2D eigenvalue weighted by Gasteiger charge is -2.21. The van der Waals surface area contributed by atoms with Crippen molar-refractivity contribution in [3.05, 3.63) is 35.4 Å². The molecule has 1 unspecified atom stereocenters. The summed E-state index contributed by atoms with van der Waals surface area (Å²) in [7, 11) is 0. The number of hydrogen-bond donors (Lipinski definition) is 1. The standard InChI is InChI=1S/C12H13F5O/c1-2-4-10(18)8-5-3-6-9(7-8)11(13,14)12(15,16)17/h3,5-7,10,18H,2,4H2,1H3. The number of aliphatic hydroxyl groups is 1. The van der Waals surface area contributed by atoms with E-state index in [9.17, 15) is 27.1 Å². The first kappa shape index (κ1) is 14.9. The topological polar surface area (TPSA) is 20.2 Å². The summed E-state index contributed by atoms with van der Waals surface area (Å²) >= 11 is 0. The minimum atomic E-state index is -5.64. The van der Waals surface area contributed by atoms with Crippen LogP contribution in [0.15, 0.2) is 24.3 Å². The Balaban J connectivity index is 3.09. The van der Waals surface area contributed by atoms with E-state index in [1.165, 1.54) is 6.07 Å². The molecule has 0 amide bonds. The molecule has 0 aliphatic rings. The second-order valence-corrected chi connectivity index (χ2v) is 4.00. The summed E-state index contributed by atoms with van der Waals surface area (Å²) in [6.45, 7) is 1.78. The summed E-state index contributed by atoms with van der Waals surface area (Å²) in [5.74, 6) is -4.91. The van der Waals surface area contributed by atoms with Crippen LogP contribution in [0.1, 0.15) is 37.0 Å². The molecule has 0 saturated carbocycles. The first-order chi connectivity index (χ1) is 8.20. The lowest BCUT2D eigenvalue weighted by molar-refractivity contribution is -0.289. The summed E-state index contributed by atoms with van der Waals surface area (Å²) < 4.78 is 62.7. The summed E-state index contributed by atoms with van der Waals surface area (Å²) in [6.07, 6.45) is -5.76. The fourth-order valence-electron chi connectivity index (χ4n) is 1.55. The van der Waals surface area contributed by atoms with E-state index in [0.29, 0.717) is 25.0 Å². The van der Waals surface area contributed by atoms with E-state index >= 15 is 0 Å². The summed E-state index contributed by atoms with van der Waals surface area (Å²) in [5, 5.41) is 9.59. The van der Waals surface area contributed by atoms with Gasteiger partial charge in [-0.05, 0) is 18.1 Å². The third-order valence-corrected chi connectivity index (χ3v) is 2.55. The van der Waals surface area contributed by atoms with Crippen LogP contribution in [0.3, 0.4) is 0 Å². The Bertz CT molecular complexity index is 400. The fraction of sp³-hybridized carbons (Fsp3) is 0.500. The van der Waals surface area contributed by atoms with Gasteiger partial charge >= 0.3 is 12.1 Å². The number of alkyl halides is 5. The molecule has 1 N–H and O–H groups in total. The van der Waals surface area contributed by atoms with Gasteiger partial charge in [-0.15, -0.1) is 0 Å². The van der Waals surface area contributed by atoms with Crippen molar-refractivity contribution in [3.63, 3.8) is 0 Å². The van der Waals surface area contributed by atoms with Crippen molar-refractivity contribution in [3.8, 4) is 0 Å². The number of rotatable bonds is 4. The van der Waals surface area contributed by atoms with E-state index in [2.05, 4.69) is 0 Å². The van der Waals surface area contributed by atoms with Crippen LogP contribution < -0.4 is 0 Å². The maximum atomic E-state index is 13.1. The molecule has 102 valence electrons. The van der Waals surface area contributed by atoms with E-state index in [1.807, 2.05) is 0 Å². The average molecular weight is 268 g/mol. The second-order valence-electron chi connectivity index (χ2n) is 4.00. The normalized spacial score (nSPS) is 14.6. The lowest BCUT2D eigenvalue weighted by atomic mass is 9.99. The highest BCUT2D eigenvalue weighted by Gasteiger charge is 2.58. The van der Waals surface area contributed by atoms with E-state index in [4.69, 9.17) is 0 Å². The summed E-state index contributed by atoms with van der Waals surface area (Å²) in [4.78, 5) is 0. The molecule has 0 spiro atoms. The Labute approximate surface area is 101 Å². The highest BCUT2D eigenvalue weighted by molar-refractivity contribution is 5.29. The number of halogens is 5. The van der Waals surface area contributed by atoms with Crippen molar-refractivity contribution in [2.24, 2.45) is 0 Å². The molecule has 0 bridgehead atoms. The molecule has 0 radical (unpaired) electrons. The van der Waals surface area contributed by atoms with Gasteiger partial charge in [0.2, 0.25) is 0 Å². The van der Waals surface area contributed by atoms with Gasteiger partial charge in [0.1, 0.15) is 0 Å². The molecule has 18 heavy (non-hydrogen) atoms. The van der Waals surface area contributed by atoms with Gasteiger partial charge in [-0.25, -0.2) is 0 Å². The first-order valence-corrected chi connectivity index (χ1v) is 5.43. The maximum Gasteiger partial charge on any atom is 0.458 e. The summed E-state index contributed by atoms with van der Waals surface area (Å²) in [5.41, 5.74) is -1.08. The Morgan fingerprint density at radius 1 is 1.17 bits per heavy atom. The van der Waals surface area contributed by atoms with Crippen molar-refractivity contribution in [2.45, 2.75) is 38.0 Å². The van der Waals surface area contributed by atoms with Crippen LogP contribution in [0.25, 0.3) is 0 Å². The van der Waals surface area contributed by atoms with E-state index in [0.717, 1.165) is 6.07 Å². The third-order valence-electron chi connectivity index (χ3n) is 2.55. The van der Waals surface area contributed by atoms with Crippen LogP contribution in [-0.4, -0.2) is 11.3 Å². The molecular weight excluding hydrogens is 255 g/mol. The zero-order valence-corrected chi connectivity index (χ0v) is 9.64. The minimum absolute atomic E-state index is 0.0678. The predicted octanol–water partition coefficient (Wildman–Crippen LogP) is 4.17. The molecular formula is C12H13F5O. The molecule has 0 saturated heterocycles.